The van der Waals surface area contributed by atoms with E-state index in [1.807, 2.05) is 0 Å². The van der Waals surface area contributed by atoms with Gasteiger partial charge < -0.3 is 9.47 Å². The largest absolute Gasteiger partial charge is 0.353 e. The first kappa shape index (κ1) is 28.9. The van der Waals surface area contributed by atoms with Gasteiger partial charge >= 0.3 is 0 Å². The van der Waals surface area contributed by atoms with Crippen LogP contribution in [0.15, 0.2) is 24.3 Å². The van der Waals surface area contributed by atoms with Crippen molar-refractivity contribution in [1.82, 2.24) is 0 Å². The van der Waals surface area contributed by atoms with Gasteiger partial charge in [-0.25, -0.2) is 0 Å². The first-order valence-corrected chi connectivity index (χ1v) is 13.5. The van der Waals surface area contributed by atoms with Crippen LogP contribution in [0.25, 0.3) is 0 Å². The molecule has 1 unspecified atom stereocenters. The van der Waals surface area contributed by atoms with E-state index in [9.17, 15) is 0 Å². The van der Waals surface area contributed by atoms with E-state index in [1.165, 1.54) is 77.0 Å². The fourth-order valence-corrected chi connectivity index (χ4v) is 3.69. The summed E-state index contributed by atoms with van der Waals surface area (Å²) >= 11 is 3.51. The number of ether oxygens (including phenoxy) is 2. The molecule has 172 valence electrons. The molecule has 0 radical (unpaired) electrons. The zero-order chi connectivity index (χ0) is 21.3. The zero-order valence-electron chi connectivity index (χ0n) is 19.5. The Morgan fingerprint density at radius 1 is 0.655 bits per heavy atom. The minimum atomic E-state index is 0.00851. The maximum absolute atomic E-state index is 6.10. The van der Waals surface area contributed by atoms with Crippen LogP contribution in [0.3, 0.4) is 0 Å². The average molecular weight is 474 g/mol. The van der Waals surface area contributed by atoms with Crippen molar-refractivity contribution in [3.8, 4) is 0 Å². The lowest BCUT2D eigenvalue weighted by atomic mass is 10.1. The lowest BCUT2D eigenvalue weighted by molar-refractivity contribution is -0.148. The van der Waals surface area contributed by atoms with Crippen molar-refractivity contribution in [3.05, 3.63) is 24.3 Å². The van der Waals surface area contributed by atoms with Gasteiger partial charge in [-0.2, -0.15) is 0 Å². The summed E-state index contributed by atoms with van der Waals surface area (Å²) in [5, 5.41) is 1.13. The molecule has 1 atom stereocenters. The van der Waals surface area contributed by atoms with Gasteiger partial charge in [0.15, 0.2) is 6.29 Å². The average Bonchev–Trinajstić information content (AvgIpc) is 2.73. The summed E-state index contributed by atoms with van der Waals surface area (Å²) in [6.45, 7) is 5.98. The quantitative estimate of drug-likeness (QED) is 0.0637. The molecule has 3 heteroatoms. The predicted molar refractivity (Wildman–Crippen MR) is 133 cm³/mol. The third-order valence-electron chi connectivity index (χ3n) is 5.10. The van der Waals surface area contributed by atoms with E-state index in [4.69, 9.17) is 9.47 Å². The number of hydrogen-bond donors (Lipinski definition) is 0. The van der Waals surface area contributed by atoms with E-state index in [0.717, 1.165) is 44.2 Å². The Hall–Kier alpha value is -0.120. The van der Waals surface area contributed by atoms with Gasteiger partial charge in [0.2, 0.25) is 0 Å². The topological polar surface area (TPSA) is 18.5 Å². The second kappa shape index (κ2) is 25.9. The van der Waals surface area contributed by atoms with Gasteiger partial charge in [0.05, 0.1) is 0 Å². The standard InChI is InChI=1S/C26H49BrO2/c1-3-5-7-9-11-16-20-24-28-26(22-18-14-13-15-19-23-27)29-25-21-17-12-10-8-6-4-2/h3,5-6,8,26H,4,7,9-25H2,1-2H3/b5-3-,8-6-. The fraction of sp³-hybridized carbons (Fsp3) is 0.846. The third-order valence-corrected chi connectivity index (χ3v) is 5.66. The molecule has 0 rings (SSSR count). The van der Waals surface area contributed by atoms with E-state index in [0.29, 0.717) is 0 Å². The van der Waals surface area contributed by atoms with E-state index in [1.54, 1.807) is 0 Å². The van der Waals surface area contributed by atoms with Crippen molar-refractivity contribution in [2.24, 2.45) is 0 Å². The summed E-state index contributed by atoms with van der Waals surface area (Å²) in [5.41, 5.74) is 0. The van der Waals surface area contributed by atoms with E-state index in [2.05, 4.69) is 54.1 Å². The van der Waals surface area contributed by atoms with Gasteiger partial charge in [0.1, 0.15) is 0 Å². The second-order valence-corrected chi connectivity index (χ2v) is 8.71. The molecule has 0 amide bonds. The summed E-state index contributed by atoms with van der Waals surface area (Å²) in [6.07, 6.45) is 28.8. The Balaban J connectivity index is 3.85. The number of rotatable bonds is 23. The fourth-order valence-electron chi connectivity index (χ4n) is 3.29. The molecule has 0 aromatic carbocycles. The van der Waals surface area contributed by atoms with Crippen molar-refractivity contribution >= 4 is 15.9 Å². The molecule has 0 saturated carbocycles. The summed E-state index contributed by atoms with van der Waals surface area (Å²) in [4.78, 5) is 0. The number of allylic oxidation sites excluding steroid dienone is 4. The third kappa shape index (κ3) is 24.0. The van der Waals surface area contributed by atoms with Crippen LogP contribution in [0.4, 0.5) is 0 Å². The second-order valence-electron chi connectivity index (χ2n) is 7.92. The van der Waals surface area contributed by atoms with E-state index >= 15 is 0 Å². The molecule has 0 heterocycles. The van der Waals surface area contributed by atoms with Crippen LogP contribution >= 0.6 is 15.9 Å². The summed E-state index contributed by atoms with van der Waals surface area (Å²) in [5.74, 6) is 0. The molecule has 29 heavy (non-hydrogen) atoms. The number of alkyl halides is 1. The molecule has 2 nitrogen and oxygen atoms in total. The molecule has 0 aliphatic rings. The van der Waals surface area contributed by atoms with Crippen molar-refractivity contribution < 1.29 is 9.47 Å². The van der Waals surface area contributed by atoms with Gasteiger partial charge in [-0.3, -0.25) is 0 Å². The monoisotopic (exact) mass is 472 g/mol. The normalized spacial score (nSPS) is 13.1. The Bertz CT molecular complexity index is 355. The zero-order valence-corrected chi connectivity index (χ0v) is 21.1. The lowest BCUT2D eigenvalue weighted by Crippen LogP contribution is -2.19. The van der Waals surface area contributed by atoms with Crippen LogP contribution in [0.1, 0.15) is 117 Å². The van der Waals surface area contributed by atoms with Crippen LogP contribution < -0.4 is 0 Å². The van der Waals surface area contributed by atoms with Crippen molar-refractivity contribution in [1.29, 1.82) is 0 Å². The van der Waals surface area contributed by atoms with Gasteiger partial charge in [-0.15, -0.1) is 0 Å². The van der Waals surface area contributed by atoms with Crippen LogP contribution in [0, 0.1) is 0 Å². The van der Waals surface area contributed by atoms with Crippen LogP contribution in [-0.4, -0.2) is 24.8 Å². The highest BCUT2D eigenvalue weighted by atomic mass is 79.9. The van der Waals surface area contributed by atoms with Gasteiger partial charge in [0, 0.05) is 18.5 Å². The molecular formula is C26H49BrO2. The van der Waals surface area contributed by atoms with Crippen LogP contribution in [0.2, 0.25) is 0 Å². The maximum atomic E-state index is 6.10. The lowest BCUT2D eigenvalue weighted by Gasteiger charge is -2.19. The predicted octanol–water partition coefficient (Wildman–Crippen LogP) is 9.13. The highest BCUT2D eigenvalue weighted by Gasteiger charge is 2.09. The van der Waals surface area contributed by atoms with Crippen molar-refractivity contribution in [2.45, 2.75) is 123 Å². The smallest absolute Gasteiger partial charge is 0.157 e. The molecule has 0 aliphatic carbocycles. The Morgan fingerprint density at radius 3 is 1.86 bits per heavy atom. The van der Waals surface area contributed by atoms with Gasteiger partial charge in [-0.1, -0.05) is 85.7 Å². The summed E-state index contributed by atoms with van der Waals surface area (Å²) in [6, 6.07) is 0. The number of hydrogen-bond acceptors (Lipinski definition) is 2. The number of halogens is 1. The summed E-state index contributed by atoms with van der Waals surface area (Å²) < 4.78 is 12.2. The maximum Gasteiger partial charge on any atom is 0.157 e. The van der Waals surface area contributed by atoms with Crippen LogP contribution in [-0.2, 0) is 9.47 Å². The molecule has 0 aromatic rings. The summed E-state index contributed by atoms with van der Waals surface area (Å²) in [7, 11) is 0. The molecule has 0 aliphatic heterocycles. The Morgan fingerprint density at radius 2 is 1.21 bits per heavy atom. The van der Waals surface area contributed by atoms with E-state index < -0.39 is 0 Å². The molecule has 0 saturated heterocycles. The minimum Gasteiger partial charge on any atom is -0.353 e. The minimum absolute atomic E-state index is 0.00851. The number of unbranched alkanes of at least 4 members (excludes halogenated alkanes) is 11. The molecule has 0 N–H and O–H groups in total. The first-order valence-electron chi connectivity index (χ1n) is 12.4. The van der Waals surface area contributed by atoms with Crippen molar-refractivity contribution in [2.75, 3.05) is 18.5 Å². The van der Waals surface area contributed by atoms with Gasteiger partial charge in [-0.05, 0) is 71.1 Å². The first-order chi connectivity index (χ1) is 14.3. The van der Waals surface area contributed by atoms with Crippen molar-refractivity contribution in [3.63, 3.8) is 0 Å². The van der Waals surface area contributed by atoms with Crippen LogP contribution in [0.5, 0.6) is 0 Å². The highest BCUT2D eigenvalue weighted by molar-refractivity contribution is 9.09. The van der Waals surface area contributed by atoms with E-state index in [-0.39, 0.29) is 6.29 Å². The molecule has 0 fully saturated rings. The SMILES string of the molecule is C/C=C\CCCCCCOC(CCCCCCCBr)OCCCCC/C=C\CC. The highest BCUT2D eigenvalue weighted by Crippen LogP contribution is 2.13. The molecule has 0 spiro atoms. The van der Waals surface area contributed by atoms with Gasteiger partial charge in [0.25, 0.3) is 0 Å². The molecule has 0 aromatic heterocycles. The molecule has 0 bridgehead atoms. The Kier molecular flexibility index (Phi) is 25.8. The molecular weight excluding hydrogens is 424 g/mol. The Labute approximate surface area is 191 Å².